The zero-order valence-electron chi connectivity index (χ0n) is 9.56. The van der Waals surface area contributed by atoms with Crippen LogP contribution >= 0.6 is 31.9 Å². The molecule has 1 aromatic rings. The number of ether oxygens (including phenoxy) is 1. The highest BCUT2D eigenvalue weighted by molar-refractivity contribution is 9.11. The first-order valence-electron chi connectivity index (χ1n) is 5.26. The maximum Gasteiger partial charge on any atom is 0.148 e. The zero-order chi connectivity index (χ0) is 12.3. The van der Waals surface area contributed by atoms with Crippen molar-refractivity contribution < 1.29 is 9.13 Å². The molecule has 90 valence electrons. The summed E-state index contributed by atoms with van der Waals surface area (Å²) in [6, 6.07) is 2.82. The van der Waals surface area contributed by atoms with Crippen molar-refractivity contribution in [3.8, 4) is 5.75 Å². The van der Waals surface area contributed by atoms with Gasteiger partial charge in [0.05, 0.1) is 8.95 Å². The molecule has 0 bridgehead atoms. The Balaban J connectivity index is 2.96. The van der Waals surface area contributed by atoms with Gasteiger partial charge in [-0.15, -0.1) is 0 Å². The van der Waals surface area contributed by atoms with E-state index in [0.717, 1.165) is 6.42 Å². The van der Waals surface area contributed by atoms with Crippen molar-refractivity contribution in [3.05, 3.63) is 26.9 Å². The van der Waals surface area contributed by atoms with E-state index in [1.54, 1.807) is 0 Å². The molecule has 1 atom stereocenters. The Labute approximate surface area is 113 Å². The van der Waals surface area contributed by atoms with Gasteiger partial charge in [0.15, 0.2) is 0 Å². The second-order valence-corrected chi connectivity index (χ2v) is 5.72. The minimum atomic E-state index is -0.288. The number of hydrogen-bond donors (Lipinski definition) is 0. The maximum atomic E-state index is 13.1. The molecule has 0 radical (unpaired) electrons. The van der Waals surface area contributed by atoms with Gasteiger partial charge < -0.3 is 4.74 Å². The second kappa shape index (κ2) is 6.01. The first-order chi connectivity index (χ1) is 7.45. The monoisotopic (exact) mass is 352 g/mol. The van der Waals surface area contributed by atoms with Crippen molar-refractivity contribution in [1.29, 1.82) is 0 Å². The van der Waals surface area contributed by atoms with E-state index in [4.69, 9.17) is 4.74 Å². The number of hydrogen-bond acceptors (Lipinski definition) is 1. The molecule has 1 aromatic carbocycles. The van der Waals surface area contributed by atoms with Crippen molar-refractivity contribution in [1.82, 2.24) is 0 Å². The number of rotatable bonds is 4. The van der Waals surface area contributed by atoms with Crippen LogP contribution in [0.25, 0.3) is 0 Å². The molecule has 0 heterocycles. The number of benzene rings is 1. The Bertz CT molecular complexity index is 343. The van der Waals surface area contributed by atoms with Crippen LogP contribution in [0.2, 0.25) is 0 Å². The molecule has 0 aromatic heterocycles. The summed E-state index contributed by atoms with van der Waals surface area (Å²) in [5.74, 6) is 0.805. The molecule has 0 spiro atoms. The van der Waals surface area contributed by atoms with E-state index in [1.165, 1.54) is 12.1 Å². The SMILES string of the molecule is CC[C@H](Oc1c(Br)cc(F)cc1Br)C(C)C. The van der Waals surface area contributed by atoms with Crippen LogP contribution < -0.4 is 4.74 Å². The molecule has 1 rings (SSSR count). The van der Waals surface area contributed by atoms with E-state index in [9.17, 15) is 4.39 Å². The molecule has 0 unspecified atom stereocenters. The van der Waals surface area contributed by atoms with Gasteiger partial charge in [0, 0.05) is 0 Å². The molecule has 16 heavy (non-hydrogen) atoms. The van der Waals surface area contributed by atoms with E-state index < -0.39 is 0 Å². The van der Waals surface area contributed by atoms with E-state index in [-0.39, 0.29) is 11.9 Å². The summed E-state index contributed by atoms with van der Waals surface area (Å²) in [5.41, 5.74) is 0. The Morgan fingerprint density at radius 3 is 2.12 bits per heavy atom. The van der Waals surface area contributed by atoms with Crippen LogP contribution in [-0.4, -0.2) is 6.10 Å². The van der Waals surface area contributed by atoms with Crippen molar-refractivity contribution in [3.63, 3.8) is 0 Å². The lowest BCUT2D eigenvalue weighted by molar-refractivity contribution is 0.145. The lowest BCUT2D eigenvalue weighted by atomic mass is 10.1. The molecule has 0 fully saturated rings. The van der Waals surface area contributed by atoms with E-state index in [2.05, 4.69) is 52.6 Å². The van der Waals surface area contributed by atoms with Crippen LogP contribution in [0.1, 0.15) is 27.2 Å². The highest BCUT2D eigenvalue weighted by atomic mass is 79.9. The Hall–Kier alpha value is -0.0900. The predicted octanol–water partition coefficient (Wildman–Crippen LogP) is 5.16. The van der Waals surface area contributed by atoms with Crippen molar-refractivity contribution in [2.45, 2.75) is 33.3 Å². The van der Waals surface area contributed by atoms with Gasteiger partial charge in [-0.3, -0.25) is 0 Å². The van der Waals surface area contributed by atoms with Crippen LogP contribution in [0.15, 0.2) is 21.1 Å². The van der Waals surface area contributed by atoms with Crippen LogP contribution in [0.5, 0.6) is 5.75 Å². The van der Waals surface area contributed by atoms with E-state index in [0.29, 0.717) is 20.6 Å². The number of halogens is 3. The summed E-state index contributed by atoms with van der Waals surface area (Å²) >= 11 is 6.62. The Morgan fingerprint density at radius 1 is 1.25 bits per heavy atom. The van der Waals surface area contributed by atoms with Crippen LogP contribution in [0.4, 0.5) is 4.39 Å². The second-order valence-electron chi connectivity index (χ2n) is 4.01. The molecule has 0 saturated carbocycles. The largest absolute Gasteiger partial charge is 0.488 e. The van der Waals surface area contributed by atoms with Crippen molar-refractivity contribution >= 4 is 31.9 Å². The molecule has 1 nitrogen and oxygen atoms in total. The normalized spacial score (nSPS) is 12.9. The fourth-order valence-electron chi connectivity index (χ4n) is 1.48. The Morgan fingerprint density at radius 2 is 1.75 bits per heavy atom. The van der Waals surface area contributed by atoms with Crippen LogP contribution in [0, 0.1) is 11.7 Å². The molecule has 0 amide bonds. The smallest absolute Gasteiger partial charge is 0.148 e. The molecule has 4 heteroatoms. The quantitative estimate of drug-likeness (QED) is 0.726. The van der Waals surface area contributed by atoms with Gasteiger partial charge >= 0.3 is 0 Å². The third kappa shape index (κ3) is 3.45. The topological polar surface area (TPSA) is 9.23 Å². The summed E-state index contributed by atoms with van der Waals surface area (Å²) in [6.45, 7) is 6.30. The van der Waals surface area contributed by atoms with Crippen molar-refractivity contribution in [2.24, 2.45) is 5.92 Å². The summed E-state index contributed by atoms with van der Waals surface area (Å²) in [5, 5.41) is 0. The van der Waals surface area contributed by atoms with Crippen LogP contribution in [0.3, 0.4) is 0 Å². The maximum absolute atomic E-state index is 13.1. The minimum absolute atomic E-state index is 0.137. The van der Waals surface area contributed by atoms with Gasteiger partial charge in [0.25, 0.3) is 0 Å². The fourth-order valence-corrected chi connectivity index (χ4v) is 2.80. The molecular weight excluding hydrogens is 339 g/mol. The third-order valence-electron chi connectivity index (χ3n) is 2.38. The standard InChI is InChI=1S/C12H15Br2FO/c1-4-11(7(2)3)16-12-9(13)5-8(15)6-10(12)14/h5-7,11H,4H2,1-3H3/t11-/m0/s1. The first-order valence-corrected chi connectivity index (χ1v) is 6.85. The lowest BCUT2D eigenvalue weighted by Gasteiger charge is -2.22. The van der Waals surface area contributed by atoms with Gasteiger partial charge in [-0.05, 0) is 56.3 Å². The first kappa shape index (κ1) is 14.0. The van der Waals surface area contributed by atoms with Gasteiger partial charge in [-0.25, -0.2) is 4.39 Å². The summed E-state index contributed by atoms with van der Waals surface area (Å²) in [4.78, 5) is 0. The lowest BCUT2D eigenvalue weighted by Crippen LogP contribution is -2.22. The highest BCUT2D eigenvalue weighted by Gasteiger charge is 2.17. The van der Waals surface area contributed by atoms with Crippen LogP contribution in [-0.2, 0) is 0 Å². The summed E-state index contributed by atoms with van der Waals surface area (Å²) in [6.07, 6.45) is 1.06. The molecule has 0 aliphatic heterocycles. The zero-order valence-corrected chi connectivity index (χ0v) is 12.7. The third-order valence-corrected chi connectivity index (χ3v) is 3.56. The van der Waals surface area contributed by atoms with Crippen molar-refractivity contribution in [2.75, 3.05) is 0 Å². The molecule has 0 aliphatic carbocycles. The average molecular weight is 354 g/mol. The van der Waals surface area contributed by atoms with E-state index in [1.807, 2.05) is 0 Å². The highest BCUT2D eigenvalue weighted by Crippen LogP contribution is 2.36. The Kier molecular flexibility index (Phi) is 5.25. The van der Waals surface area contributed by atoms with Gasteiger partial charge in [-0.2, -0.15) is 0 Å². The predicted molar refractivity (Wildman–Crippen MR) is 71.3 cm³/mol. The molecule has 0 saturated heterocycles. The molecule has 0 aliphatic rings. The summed E-state index contributed by atoms with van der Waals surface area (Å²) < 4.78 is 20.2. The summed E-state index contributed by atoms with van der Waals surface area (Å²) in [7, 11) is 0. The van der Waals surface area contributed by atoms with E-state index >= 15 is 0 Å². The van der Waals surface area contributed by atoms with Gasteiger partial charge in [-0.1, -0.05) is 20.8 Å². The van der Waals surface area contributed by atoms with Gasteiger partial charge in [0.2, 0.25) is 0 Å². The minimum Gasteiger partial charge on any atom is -0.488 e. The van der Waals surface area contributed by atoms with Gasteiger partial charge in [0.1, 0.15) is 17.7 Å². The average Bonchev–Trinajstić information content (AvgIpc) is 2.15. The fraction of sp³-hybridized carbons (Fsp3) is 0.500. The molecular formula is C12H15Br2FO. The molecule has 0 N–H and O–H groups in total.